The number of benzene rings is 2. The summed E-state index contributed by atoms with van der Waals surface area (Å²) in [5.74, 6) is 0.913. The van der Waals surface area contributed by atoms with E-state index in [2.05, 4.69) is 10.6 Å². The highest BCUT2D eigenvalue weighted by Gasteiger charge is 2.18. The van der Waals surface area contributed by atoms with Crippen molar-refractivity contribution in [3.05, 3.63) is 46.5 Å². The normalized spacial score (nSPS) is 11.6. The van der Waals surface area contributed by atoms with Crippen LogP contribution in [0.5, 0.6) is 11.5 Å². The first-order valence-corrected chi connectivity index (χ1v) is 8.30. The zero-order chi connectivity index (χ0) is 18.6. The van der Waals surface area contributed by atoms with E-state index in [1.165, 1.54) is 7.11 Å². The van der Waals surface area contributed by atoms with Crippen LogP contribution in [-0.2, 0) is 4.79 Å². The number of hydrogen-bond donors (Lipinski definition) is 2. The van der Waals surface area contributed by atoms with Crippen LogP contribution in [0, 0.1) is 13.8 Å². The fourth-order valence-corrected chi connectivity index (χ4v) is 2.76. The number of nitrogens with one attached hydrogen (secondary N) is 2. The van der Waals surface area contributed by atoms with Gasteiger partial charge >= 0.3 is 0 Å². The Morgan fingerprint density at radius 1 is 1.08 bits per heavy atom. The maximum atomic E-state index is 12.6. The fourth-order valence-electron chi connectivity index (χ4n) is 2.51. The number of amides is 1. The van der Waals surface area contributed by atoms with Crippen LogP contribution in [0.1, 0.15) is 18.1 Å². The number of anilines is 2. The van der Waals surface area contributed by atoms with Gasteiger partial charge in [-0.15, -0.1) is 0 Å². The van der Waals surface area contributed by atoms with Crippen molar-refractivity contribution in [2.75, 3.05) is 24.9 Å². The summed E-state index contributed by atoms with van der Waals surface area (Å²) in [5, 5.41) is 6.55. The average Bonchev–Trinajstić information content (AvgIpc) is 2.58. The van der Waals surface area contributed by atoms with Gasteiger partial charge in [-0.05, 0) is 38.0 Å². The zero-order valence-electron chi connectivity index (χ0n) is 15.1. The fraction of sp³-hybridized carbons (Fsp3) is 0.316. The summed E-state index contributed by atoms with van der Waals surface area (Å²) in [4.78, 5) is 12.6. The van der Waals surface area contributed by atoms with Gasteiger partial charge in [0.05, 0.1) is 24.9 Å². The summed E-state index contributed by atoms with van der Waals surface area (Å²) >= 11 is 6.17. The summed E-state index contributed by atoms with van der Waals surface area (Å²) in [7, 11) is 3.09. The van der Waals surface area contributed by atoms with Gasteiger partial charge in [0.1, 0.15) is 17.5 Å². The molecule has 134 valence electrons. The number of ether oxygens (including phenoxy) is 2. The highest BCUT2D eigenvalue weighted by Crippen LogP contribution is 2.36. The Morgan fingerprint density at radius 3 is 2.24 bits per heavy atom. The van der Waals surface area contributed by atoms with Crippen molar-refractivity contribution in [1.29, 1.82) is 0 Å². The Bertz CT molecular complexity index is 757. The van der Waals surface area contributed by atoms with Crippen LogP contribution < -0.4 is 20.1 Å². The van der Waals surface area contributed by atoms with Crippen molar-refractivity contribution >= 4 is 28.9 Å². The van der Waals surface area contributed by atoms with Gasteiger partial charge in [-0.1, -0.05) is 29.8 Å². The van der Waals surface area contributed by atoms with Gasteiger partial charge in [-0.25, -0.2) is 0 Å². The second-order valence-corrected chi connectivity index (χ2v) is 6.22. The van der Waals surface area contributed by atoms with Crippen LogP contribution in [0.25, 0.3) is 0 Å². The molecular formula is C19H23ClN2O3. The van der Waals surface area contributed by atoms with E-state index in [-0.39, 0.29) is 5.91 Å². The predicted molar refractivity (Wildman–Crippen MR) is 102 cm³/mol. The van der Waals surface area contributed by atoms with Crippen molar-refractivity contribution < 1.29 is 14.3 Å². The van der Waals surface area contributed by atoms with E-state index in [0.29, 0.717) is 22.2 Å². The molecule has 0 aliphatic heterocycles. The number of para-hydroxylation sites is 1. The lowest BCUT2D eigenvalue weighted by Gasteiger charge is -2.19. The van der Waals surface area contributed by atoms with Gasteiger partial charge in [0.15, 0.2) is 0 Å². The number of methoxy groups -OCH3 is 2. The van der Waals surface area contributed by atoms with Crippen LogP contribution in [0.4, 0.5) is 11.4 Å². The minimum Gasteiger partial charge on any atom is -0.495 e. The third kappa shape index (κ3) is 4.37. The monoisotopic (exact) mass is 362 g/mol. The van der Waals surface area contributed by atoms with E-state index < -0.39 is 6.04 Å². The van der Waals surface area contributed by atoms with E-state index >= 15 is 0 Å². The molecule has 0 aromatic heterocycles. The first-order valence-electron chi connectivity index (χ1n) is 7.92. The Balaban J connectivity index is 2.17. The molecule has 0 aliphatic rings. The molecule has 0 bridgehead atoms. The van der Waals surface area contributed by atoms with Gasteiger partial charge in [0.25, 0.3) is 0 Å². The van der Waals surface area contributed by atoms with Crippen LogP contribution >= 0.6 is 11.6 Å². The summed E-state index contributed by atoms with van der Waals surface area (Å²) in [5.41, 5.74) is 3.49. The second-order valence-electron chi connectivity index (χ2n) is 5.81. The van der Waals surface area contributed by atoms with E-state index in [0.717, 1.165) is 16.8 Å². The molecule has 0 fully saturated rings. The first-order chi connectivity index (χ1) is 11.9. The van der Waals surface area contributed by atoms with E-state index in [1.54, 1.807) is 26.2 Å². The lowest BCUT2D eigenvalue weighted by Crippen LogP contribution is -2.32. The van der Waals surface area contributed by atoms with Crippen molar-refractivity contribution in [3.8, 4) is 11.5 Å². The molecule has 6 heteroatoms. The number of aryl methyl sites for hydroxylation is 2. The van der Waals surface area contributed by atoms with E-state index in [9.17, 15) is 4.79 Å². The van der Waals surface area contributed by atoms with Crippen LogP contribution in [-0.4, -0.2) is 26.2 Å². The van der Waals surface area contributed by atoms with Crippen molar-refractivity contribution in [1.82, 2.24) is 0 Å². The van der Waals surface area contributed by atoms with Gasteiger partial charge < -0.3 is 20.1 Å². The molecule has 5 nitrogen and oxygen atoms in total. The number of carbonyl (C=O) groups excluding carboxylic acids is 1. The molecule has 25 heavy (non-hydrogen) atoms. The molecule has 2 aromatic rings. The van der Waals surface area contributed by atoms with Gasteiger partial charge in [0.2, 0.25) is 5.91 Å². The van der Waals surface area contributed by atoms with Crippen LogP contribution in [0.3, 0.4) is 0 Å². The molecule has 1 amide bonds. The number of hydrogen-bond acceptors (Lipinski definition) is 4. The van der Waals surface area contributed by atoms with Gasteiger partial charge in [-0.2, -0.15) is 0 Å². The Morgan fingerprint density at radius 2 is 1.68 bits per heavy atom. The Labute approximate surface area is 153 Å². The van der Waals surface area contributed by atoms with Crippen molar-refractivity contribution in [3.63, 3.8) is 0 Å². The first kappa shape index (κ1) is 18.9. The lowest BCUT2D eigenvalue weighted by atomic mass is 10.1. The van der Waals surface area contributed by atoms with Gasteiger partial charge in [-0.3, -0.25) is 4.79 Å². The Hall–Kier alpha value is -2.40. The third-order valence-corrected chi connectivity index (χ3v) is 4.26. The molecule has 0 saturated heterocycles. The summed E-state index contributed by atoms with van der Waals surface area (Å²) < 4.78 is 10.5. The third-order valence-electron chi connectivity index (χ3n) is 3.97. The molecule has 1 atom stereocenters. The molecule has 0 radical (unpaired) electrons. The molecule has 0 heterocycles. The average molecular weight is 363 g/mol. The summed E-state index contributed by atoms with van der Waals surface area (Å²) in [6, 6.07) is 8.77. The number of halogens is 1. The standard InChI is InChI=1S/C19H23ClN2O3/c1-11-7-6-8-12(2)18(11)22-19(23)13(3)21-15-9-14(20)16(24-4)10-17(15)25-5/h6-10,13,21H,1-5H3,(H,22,23)/t13-/m1/s1. The minimum atomic E-state index is -0.489. The minimum absolute atomic E-state index is 0.147. The molecular weight excluding hydrogens is 340 g/mol. The smallest absolute Gasteiger partial charge is 0.246 e. The quantitative estimate of drug-likeness (QED) is 0.798. The highest BCUT2D eigenvalue weighted by molar-refractivity contribution is 6.32. The van der Waals surface area contributed by atoms with Gasteiger partial charge in [0, 0.05) is 11.8 Å². The second kappa shape index (κ2) is 8.12. The van der Waals surface area contributed by atoms with Crippen molar-refractivity contribution in [2.24, 2.45) is 0 Å². The Kier molecular flexibility index (Phi) is 6.15. The molecule has 2 rings (SSSR count). The highest BCUT2D eigenvalue weighted by atomic mass is 35.5. The maximum absolute atomic E-state index is 12.6. The van der Waals surface area contributed by atoms with Crippen LogP contribution in [0.2, 0.25) is 5.02 Å². The van der Waals surface area contributed by atoms with Crippen LogP contribution in [0.15, 0.2) is 30.3 Å². The van der Waals surface area contributed by atoms with Crippen molar-refractivity contribution in [2.45, 2.75) is 26.8 Å². The molecule has 0 saturated carbocycles. The molecule has 0 spiro atoms. The van der Waals surface area contributed by atoms with E-state index in [4.69, 9.17) is 21.1 Å². The SMILES string of the molecule is COc1cc(OC)c(N[C@H](C)C(=O)Nc2c(C)cccc2C)cc1Cl. The molecule has 2 N–H and O–H groups in total. The number of carbonyl (C=O) groups is 1. The summed E-state index contributed by atoms with van der Waals surface area (Å²) in [6.45, 7) is 5.71. The predicted octanol–water partition coefficient (Wildman–Crippen LogP) is 4.41. The number of rotatable bonds is 6. The maximum Gasteiger partial charge on any atom is 0.246 e. The largest absolute Gasteiger partial charge is 0.495 e. The molecule has 0 unspecified atom stereocenters. The topological polar surface area (TPSA) is 59.6 Å². The lowest BCUT2D eigenvalue weighted by molar-refractivity contribution is -0.116. The van der Waals surface area contributed by atoms with E-state index in [1.807, 2.05) is 32.0 Å². The molecule has 2 aromatic carbocycles. The zero-order valence-corrected chi connectivity index (χ0v) is 15.8. The molecule has 0 aliphatic carbocycles. The summed E-state index contributed by atoms with van der Waals surface area (Å²) in [6.07, 6.45) is 0.